The quantitative estimate of drug-likeness (QED) is 0.511. The Morgan fingerprint density at radius 1 is 1.09 bits per heavy atom. The molecule has 0 radical (unpaired) electrons. The van der Waals surface area contributed by atoms with Crippen LogP contribution in [0, 0.1) is 5.82 Å². The first-order valence-corrected chi connectivity index (χ1v) is 12.2. The maximum absolute atomic E-state index is 13.6. The van der Waals surface area contributed by atoms with E-state index in [1.165, 1.54) is 12.1 Å². The standard InChI is InChI=1S/C27H31FN4O3/c1-30-13-15-31(16-14-30)27-24(25(29-35-27)20-9-11-22(28)12-10-20)19-32(18-23-8-5-17-34-23)26(33)21-6-3-2-4-7-21/h2-4,6-7,9-12,23H,5,8,13-19H2,1H3. The zero-order chi connectivity index (χ0) is 24.2. The van der Waals surface area contributed by atoms with Gasteiger partial charge in [0, 0.05) is 50.5 Å². The second kappa shape index (κ2) is 10.6. The van der Waals surface area contributed by atoms with E-state index in [0.717, 1.165) is 56.8 Å². The molecule has 1 amide bonds. The van der Waals surface area contributed by atoms with Crippen molar-refractivity contribution in [2.24, 2.45) is 0 Å². The van der Waals surface area contributed by atoms with Gasteiger partial charge in [0.2, 0.25) is 5.88 Å². The van der Waals surface area contributed by atoms with E-state index < -0.39 is 0 Å². The highest BCUT2D eigenvalue weighted by atomic mass is 19.1. The van der Waals surface area contributed by atoms with Crippen molar-refractivity contribution in [3.8, 4) is 11.3 Å². The molecule has 0 N–H and O–H groups in total. The number of aromatic nitrogens is 1. The summed E-state index contributed by atoms with van der Waals surface area (Å²) in [6, 6.07) is 15.6. The van der Waals surface area contributed by atoms with Gasteiger partial charge in [0.25, 0.3) is 5.91 Å². The predicted octanol–water partition coefficient (Wildman–Crippen LogP) is 4.05. The normalized spacial score (nSPS) is 18.7. The third-order valence-corrected chi connectivity index (χ3v) is 6.78. The number of benzene rings is 2. The minimum absolute atomic E-state index is 0.00359. The van der Waals surface area contributed by atoms with E-state index in [2.05, 4.69) is 22.0 Å². The highest BCUT2D eigenvalue weighted by molar-refractivity contribution is 5.94. The van der Waals surface area contributed by atoms with Crippen LogP contribution in [0.3, 0.4) is 0 Å². The molecule has 1 unspecified atom stereocenters. The summed E-state index contributed by atoms with van der Waals surface area (Å²) in [6.07, 6.45) is 1.93. The first-order chi connectivity index (χ1) is 17.1. The van der Waals surface area contributed by atoms with Gasteiger partial charge in [0.15, 0.2) is 0 Å². The lowest BCUT2D eigenvalue weighted by molar-refractivity contribution is 0.0507. The number of ether oxygens (including phenoxy) is 1. The van der Waals surface area contributed by atoms with E-state index in [4.69, 9.17) is 9.26 Å². The molecule has 2 aliphatic rings. The number of rotatable bonds is 7. The predicted molar refractivity (Wildman–Crippen MR) is 132 cm³/mol. The van der Waals surface area contributed by atoms with Crippen LogP contribution in [0.1, 0.15) is 28.8 Å². The Morgan fingerprint density at radius 2 is 1.83 bits per heavy atom. The molecular weight excluding hydrogens is 447 g/mol. The number of carbonyl (C=O) groups is 1. The Hall–Kier alpha value is -3.23. The zero-order valence-corrected chi connectivity index (χ0v) is 20.0. The van der Waals surface area contributed by atoms with Crippen molar-refractivity contribution in [2.45, 2.75) is 25.5 Å². The summed E-state index contributed by atoms with van der Waals surface area (Å²) < 4.78 is 25.4. The molecule has 2 aromatic carbocycles. The zero-order valence-electron chi connectivity index (χ0n) is 20.0. The molecule has 8 heteroatoms. The first kappa shape index (κ1) is 23.5. The van der Waals surface area contributed by atoms with Gasteiger partial charge in [-0.2, -0.15) is 0 Å². The molecule has 5 rings (SSSR count). The third kappa shape index (κ3) is 5.39. The van der Waals surface area contributed by atoms with Crippen LogP contribution >= 0.6 is 0 Å². The van der Waals surface area contributed by atoms with E-state index in [1.807, 2.05) is 35.2 Å². The van der Waals surface area contributed by atoms with Gasteiger partial charge in [0.05, 0.1) is 18.2 Å². The fraction of sp³-hybridized carbons (Fsp3) is 0.407. The Balaban J connectivity index is 1.51. The molecule has 1 aromatic heterocycles. The SMILES string of the molecule is CN1CCN(c2onc(-c3ccc(F)cc3)c2CN(CC2CCCO2)C(=O)c2ccccc2)CC1. The molecule has 0 aliphatic carbocycles. The number of piperazine rings is 1. The molecule has 3 aromatic rings. The summed E-state index contributed by atoms with van der Waals surface area (Å²) in [7, 11) is 2.10. The first-order valence-electron chi connectivity index (χ1n) is 12.2. The third-order valence-electron chi connectivity index (χ3n) is 6.78. The molecule has 184 valence electrons. The second-order valence-corrected chi connectivity index (χ2v) is 9.30. The summed E-state index contributed by atoms with van der Waals surface area (Å²) >= 11 is 0. The van der Waals surface area contributed by atoms with Crippen LogP contribution in [-0.2, 0) is 11.3 Å². The largest absolute Gasteiger partial charge is 0.376 e. The van der Waals surface area contributed by atoms with Crippen molar-refractivity contribution in [2.75, 3.05) is 51.3 Å². The van der Waals surface area contributed by atoms with Gasteiger partial charge in [-0.1, -0.05) is 23.4 Å². The highest BCUT2D eigenvalue weighted by Crippen LogP contribution is 2.34. The second-order valence-electron chi connectivity index (χ2n) is 9.30. The van der Waals surface area contributed by atoms with Gasteiger partial charge < -0.3 is 24.0 Å². The maximum Gasteiger partial charge on any atom is 0.254 e. The van der Waals surface area contributed by atoms with E-state index in [-0.39, 0.29) is 17.8 Å². The molecule has 2 saturated heterocycles. The Morgan fingerprint density at radius 3 is 2.51 bits per heavy atom. The minimum atomic E-state index is -0.308. The van der Waals surface area contributed by atoms with Gasteiger partial charge in [-0.15, -0.1) is 0 Å². The van der Waals surface area contributed by atoms with Crippen LogP contribution in [-0.4, -0.2) is 73.3 Å². The molecule has 2 fully saturated rings. The average molecular weight is 479 g/mol. The number of likely N-dealkylation sites (N-methyl/N-ethyl adjacent to an activating group) is 1. The summed E-state index contributed by atoms with van der Waals surface area (Å²) in [6.45, 7) is 4.97. The smallest absolute Gasteiger partial charge is 0.254 e. The van der Waals surface area contributed by atoms with Gasteiger partial charge in [-0.25, -0.2) is 4.39 Å². The number of carbonyl (C=O) groups excluding carboxylic acids is 1. The molecule has 3 heterocycles. The molecule has 0 bridgehead atoms. The van der Waals surface area contributed by atoms with Crippen molar-refractivity contribution < 1.29 is 18.4 Å². The van der Waals surface area contributed by atoms with Crippen LogP contribution in [0.4, 0.5) is 10.3 Å². The van der Waals surface area contributed by atoms with Crippen molar-refractivity contribution in [3.63, 3.8) is 0 Å². The van der Waals surface area contributed by atoms with Crippen LogP contribution in [0.5, 0.6) is 0 Å². The fourth-order valence-electron chi connectivity index (χ4n) is 4.74. The fourth-order valence-corrected chi connectivity index (χ4v) is 4.74. The van der Waals surface area contributed by atoms with E-state index in [1.54, 1.807) is 12.1 Å². The van der Waals surface area contributed by atoms with Crippen molar-refractivity contribution in [3.05, 3.63) is 71.5 Å². The number of anilines is 1. The van der Waals surface area contributed by atoms with Crippen LogP contribution in [0.15, 0.2) is 59.1 Å². The number of halogens is 1. The highest BCUT2D eigenvalue weighted by Gasteiger charge is 2.30. The lowest BCUT2D eigenvalue weighted by atomic mass is 10.1. The maximum atomic E-state index is 13.6. The van der Waals surface area contributed by atoms with Crippen molar-refractivity contribution in [1.29, 1.82) is 0 Å². The summed E-state index contributed by atoms with van der Waals surface area (Å²) in [5.74, 6) is 0.310. The summed E-state index contributed by atoms with van der Waals surface area (Å²) in [5, 5.41) is 4.41. The molecule has 2 aliphatic heterocycles. The van der Waals surface area contributed by atoms with E-state index >= 15 is 0 Å². The molecule has 7 nitrogen and oxygen atoms in total. The van der Waals surface area contributed by atoms with Gasteiger partial charge in [-0.05, 0) is 56.3 Å². The van der Waals surface area contributed by atoms with E-state index in [0.29, 0.717) is 30.2 Å². The Kier molecular flexibility index (Phi) is 7.11. The number of nitrogens with zero attached hydrogens (tertiary/aromatic N) is 4. The van der Waals surface area contributed by atoms with Crippen molar-refractivity contribution >= 4 is 11.8 Å². The number of amides is 1. The summed E-state index contributed by atoms with van der Waals surface area (Å²) in [4.78, 5) is 19.9. The topological polar surface area (TPSA) is 62.1 Å². The minimum Gasteiger partial charge on any atom is -0.376 e. The monoisotopic (exact) mass is 478 g/mol. The van der Waals surface area contributed by atoms with Crippen LogP contribution in [0.25, 0.3) is 11.3 Å². The van der Waals surface area contributed by atoms with Crippen molar-refractivity contribution in [1.82, 2.24) is 15.0 Å². The average Bonchev–Trinajstić information content (AvgIpc) is 3.55. The van der Waals surface area contributed by atoms with Crippen LogP contribution < -0.4 is 4.90 Å². The van der Waals surface area contributed by atoms with Gasteiger partial charge in [-0.3, -0.25) is 4.79 Å². The Bertz CT molecular complexity index is 1120. The van der Waals surface area contributed by atoms with E-state index in [9.17, 15) is 9.18 Å². The van der Waals surface area contributed by atoms with Crippen LogP contribution in [0.2, 0.25) is 0 Å². The molecule has 35 heavy (non-hydrogen) atoms. The lowest BCUT2D eigenvalue weighted by Gasteiger charge is -2.33. The molecule has 1 atom stereocenters. The molecule has 0 spiro atoms. The summed E-state index contributed by atoms with van der Waals surface area (Å²) in [5.41, 5.74) is 2.86. The Labute approximate surface area is 205 Å². The number of hydrogen-bond donors (Lipinski definition) is 0. The number of hydrogen-bond acceptors (Lipinski definition) is 6. The lowest BCUT2D eigenvalue weighted by Crippen LogP contribution is -2.45. The molecular formula is C27H31FN4O3. The molecule has 0 saturated carbocycles. The van der Waals surface area contributed by atoms with Gasteiger partial charge in [0.1, 0.15) is 11.5 Å². The van der Waals surface area contributed by atoms with Gasteiger partial charge >= 0.3 is 0 Å².